The minimum absolute atomic E-state index is 0.0207. The summed E-state index contributed by atoms with van der Waals surface area (Å²) in [5, 5.41) is 9.04. The van der Waals surface area contributed by atoms with Gasteiger partial charge in [-0.05, 0) is 24.0 Å². The second-order valence-corrected chi connectivity index (χ2v) is 5.85. The third kappa shape index (κ3) is 3.02. The van der Waals surface area contributed by atoms with Gasteiger partial charge in [-0.3, -0.25) is 0 Å². The Morgan fingerprint density at radius 3 is 2.20 bits per heavy atom. The molecule has 0 aliphatic carbocycles. The zero-order valence-corrected chi connectivity index (χ0v) is 12.1. The molecule has 1 aromatic heterocycles. The van der Waals surface area contributed by atoms with Gasteiger partial charge in [0.25, 0.3) is 0 Å². The molecule has 0 amide bonds. The van der Waals surface area contributed by atoms with E-state index in [1.54, 1.807) is 6.92 Å². The van der Waals surface area contributed by atoms with Crippen molar-refractivity contribution in [3.05, 3.63) is 47.3 Å². The van der Waals surface area contributed by atoms with Crippen LogP contribution in [0.1, 0.15) is 42.5 Å². The van der Waals surface area contributed by atoms with E-state index in [0.717, 1.165) is 5.56 Å². The average Bonchev–Trinajstić information content (AvgIpc) is 2.37. The maximum atomic E-state index is 11.0. The molecule has 0 radical (unpaired) electrons. The number of aromatic nitrogens is 2. The van der Waals surface area contributed by atoms with Crippen molar-refractivity contribution in [2.24, 2.45) is 0 Å². The molecule has 0 aliphatic heterocycles. The first-order chi connectivity index (χ1) is 9.27. The molecule has 0 bridgehead atoms. The van der Waals surface area contributed by atoms with Crippen molar-refractivity contribution in [3.8, 4) is 11.4 Å². The van der Waals surface area contributed by atoms with Gasteiger partial charge >= 0.3 is 5.97 Å². The molecular formula is C16H18N2O2. The molecule has 20 heavy (non-hydrogen) atoms. The SMILES string of the molecule is Cc1cc(C(=O)O)nc(-c2ccc(C(C)(C)C)cc2)n1. The van der Waals surface area contributed by atoms with Crippen molar-refractivity contribution < 1.29 is 9.90 Å². The van der Waals surface area contributed by atoms with Crippen LogP contribution >= 0.6 is 0 Å². The molecule has 0 saturated carbocycles. The summed E-state index contributed by atoms with van der Waals surface area (Å²) in [5.41, 5.74) is 2.79. The van der Waals surface area contributed by atoms with E-state index in [1.807, 2.05) is 24.3 Å². The number of benzene rings is 1. The normalized spacial score (nSPS) is 11.4. The first kappa shape index (κ1) is 14.2. The van der Waals surface area contributed by atoms with Crippen LogP contribution in [0.5, 0.6) is 0 Å². The fraction of sp³-hybridized carbons (Fsp3) is 0.312. The molecule has 2 rings (SSSR count). The summed E-state index contributed by atoms with van der Waals surface area (Å²) in [6.45, 7) is 8.20. The fourth-order valence-electron chi connectivity index (χ4n) is 1.93. The molecular weight excluding hydrogens is 252 g/mol. The molecule has 1 aromatic carbocycles. The van der Waals surface area contributed by atoms with E-state index < -0.39 is 5.97 Å². The van der Waals surface area contributed by atoms with E-state index in [4.69, 9.17) is 5.11 Å². The van der Waals surface area contributed by atoms with E-state index in [9.17, 15) is 4.79 Å². The van der Waals surface area contributed by atoms with Crippen LogP contribution in [0, 0.1) is 6.92 Å². The lowest BCUT2D eigenvalue weighted by Gasteiger charge is -2.19. The van der Waals surface area contributed by atoms with Crippen molar-refractivity contribution in [3.63, 3.8) is 0 Å². The molecule has 1 N–H and O–H groups in total. The van der Waals surface area contributed by atoms with Crippen LogP contribution < -0.4 is 0 Å². The van der Waals surface area contributed by atoms with Crippen molar-refractivity contribution >= 4 is 5.97 Å². The highest BCUT2D eigenvalue weighted by Gasteiger charge is 2.14. The van der Waals surface area contributed by atoms with E-state index in [0.29, 0.717) is 11.5 Å². The lowest BCUT2D eigenvalue weighted by molar-refractivity contribution is 0.0690. The van der Waals surface area contributed by atoms with Gasteiger partial charge < -0.3 is 5.11 Å². The Morgan fingerprint density at radius 2 is 1.70 bits per heavy atom. The number of rotatable bonds is 2. The van der Waals surface area contributed by atoms with Crippen LogP contribution in [0.2, 0.25) is 0 Å². The molecule has 1 heterocycles. The Balaban J connectivity index is 2.44. The second-order valence-electron chi connectivity index (χ2n) is 5.85. The molecule has 104 valence electrons. The monoisotopic (exact) mass is 270 g/mol. The molecule has 2 aromatic rings. The number of hydrogen-bond donors (Lipinski definition) is 1. The molecule has 0 aliphatic rings. The molecule has 0 spiro atoms. The number of aromatic carboxylic acids is 1. The van der Waals surface area contributed by atoms with Gasteiger partial charge in [0.05, 0.1) is 0 Å². The summed E-state index contributed by atoms with van der Waals surface area (Å²) in [5.74, 6) is -0.592. The lowest BCUT2D eigenvalue weighted by Crippen LogP contribution is -2.10. The van der Waals surface area contributed by atoms with Gasteiger partial charge in [0.2, 0.25) is 0 Å². The maximum Gasteiger partial charge on any atom is 0.354 e. The topological polar surface area (TPSA) is 63.1 Å². The van der Waals surface area contributed by atoms with Crippen molar-refractivity contribution in [1.29, 1.82) is 0 Å². The van der Waals surface area contributed by atoms with Crippen LogP contribution in [-0.2, 0) is 5.41 Å². The molecule has 0 atom stereocenters. The van der Waals surface area contributed by atoms with Crippen LogP contribution in [0.4, 0.5) is 0 Å². The van der Waals surface area contributed by atoms with Gasteiger partial charge in [-0.15, -0.1) is 0 Å². The highest BCUT2D eigenvalue weighted by molar-refractivity contribution is 5.86. The Bertz CT molecular complexity index is 641. The predicted molar refractivity (Wildman–Crippen MR) is 77.9 cm³/mol. The number of carbonyl (C=O) groups is 1. The number of hydrogen-bond acceptors (Lipinski definition) is 3. The van der Waals surface area contributed by atoms with E-state index in [2.05, 4.69) is 30.7 Å². The number of carboxylic acid groups (broad SMARTS) is 1. The second kappa shape index (κ2) is 5.04. The first-order valence-electron chi connectivity index (χ1n) is 6.47. The predicted octanol–water partition coefficient (Wildman–Crippen LogP) is 3.45. The van der Waals surface area contributed by atoms with E-state index >= 15 is 0 Å². The summed E-state index contributed by atoms with van der Waals surface area (Å²) in [6, 6.07) is 9.39. The van der Waals surface area contributed by atoms with Crippen LogP contribution in [0.25, 0.3) is 11.4 Å². The van der Waals surface area contributed by atoms with Gasteiger partial charge in [0, 0.05) is 11.3 Å². The highest BCUT2D eigenvalue weighted by atomic mass is 16.4. The van der Waals surface area contributed by atoms with E-state index in [1.165, 1.54) is 11.6 Å². The lowest BCUT2D eigenvalue weighted by atomic mass is 9.87. The molecule has 0 fully saturated rings. The molecule has 0 unspecified atom stereocenters. The van der Waals surface area contributed by atoms with Crippen molar-refractivity contribution in [1.82, 2.24) is 9.97 Å². The third-order valence-electron chi connectivity index (χ3n) is 3.08. The van der Waals surface area contributed by atoms with Gasteiger partial charge in [0.1, 0.15) is 0 Å². The van der Waals surface area contributed by atoms with Crippen LogP contribution in [0.15, 0.2) is 30.3 Å². The quantitative estimate of drug-likeness (QED) is 0.907. The largest absolute Gasteiger partial charge is 0.477 e. The zero-order chi connectivity index (χ0) is 14.9. The van der Waals surface area contributed by atoms with Crippen LogP contribution in [0.3, 0.4) is 0 Å². The number of nitrogens with zero attached hydrogens (tertiary/aromatic N) is 2. The first-order valence-corrected chi connectivity index (χ1v) is 6.47. The Morgan fingerprint density at radius 1 is 1.10 bits per heavy atom. The van der Waals surface area contributed by atoms with Crippen LogP contribution in [-0.4, -0.2) is 21.0 Å². The highest BCUT2D eigenvalue weighted by Crippen LogP contribution is 2.25. The average molecular weight is 270 g/mol. The zero-order valence-electron chi connectivity index (χ0n) is 12.1. The Kier molecular flexibility index (Phi) is 3.57. The Hall–Kier alpha value is -2.23. The maximum absolute atomic E-state index is 11.0. The van der Waals surface area contributed by atoms with E-state index in [-0.39, 0.29) is 11.1 Å². The summed E-state index contributed by atoms with van der Waals surface area (Å²) < 4.78 is 0. The standard InChI is InChI=1S/C16H18N2O2/c1-10-9-13(15(19)20)18-14(17-10)11-5-7-12(8-6-11)16(2,3)4/h5-9H,1-4H3,(H,19,20). The fourth-order valence-corrected chi connectivity index (χ4v) is 1.93. The molecule has 4 nitrogen and oxygen atoms in total. The Labute approximate surface area is 118 Å². The smallest absolute Gasteiger partial charge is 0.354 e. The van der Waals surface area contributed by atoms with Gasteiger partial charge in [-0.2, -0.15) is 0 Å². The minimum atomic E-state index is -1.04. The number of aryl methyl sites for hydroxylation is 1. The molecule has 4 heteroatoms. The summed E-state index contributed by atoms with van der Waals surface area (Å²) >= 11 is 0. The van der Waals surface area contributed by atoms with Crippen molar-refractivity contribution in [2.75, 3.05) is 0 Å². The minimum Gasteiger partial charge on any atom is -0.477 e. The van der Waals surface area contributed by atoms with Crippen molar-refractivity contribution in [2.45, 2.75) is 33.1 Å². The number of carboxylic acids is 1. The third-order valence-corrected chi connectivity index (χ3v) is 3.08. The van der Waals surface area contributed by atoms with Gasteiger partial charge in [-0.25, -0.2) is 14.8 Å². The summed E-state index contributed by atoms with van der Waals surface area (Å²) in [4.78, 5) is 19.4. The van der Waals surface area contributed by atoms with Gasteiger partial charge in [0.15, 0.2) is 11.5 Å². The van der Waals surface area contributed by atoms with Gasteiger partial charge in [-0.1, -0.05) is 45.0 Å². The summed E-state index contributed by atoms with van der Waals surface area (Å²) in [7, 11) is 0. The molecule has 0 saturated heterocycles. The summed E-state index contributed by atoms with van der Waals surface area (Å²) in [6.07, 6.45) is 0.